The lowest BCUT2D eigenvalue weighted by Gasteiger charge is -2.07. The molecule has 156 valence electrons. The highest BCUT2D eigenvalue weighted by Crippen LogP contribution is 2.29. The zero-order valence-electron chi connectivity index (χ0n) is 16.3. The van der Waals surface area contributed by atoms with Crippen LogP contribution in [0.25, 0.3) is 22.6 Å². The number of carbonyl (C=O) groups excluding carboxylic acids is 1. The van der Waals surface area contributed by atoms with Crippen molar-refractivity contribution in [1.82, 2.24) is 4.98 Å². The van der Waals surface area contributed by atoms with Crippen molar-refractivity contribution in [2.45, 2.75) is 6.92 Å². The van der Waals surface area contributed by atoms with Crippen LogP contribution in [0, 0.1) is 13.7 Å². The van der Waals surface area contributed by atoms with Gasteiger partial charge in [-0.3, -0.25) is 14.9 Å². The lowest BCUT2D eigenvalue weighted by atomic mass is 10.1. The Morgan fingerprint density at radius 3 is 2.65 bits per heavy atom. The molecule has 1 amide bonds. The van der Waals surface area contributed by atoms with Crippen molar-refractivity contribution in [3.63, 3.8) is 0 Å². The number of anilines is 1. The number of benzene rings is 3. The Kier molecular flexibility index (Phi) is 5.85. The topological polar surface area (TPSA) is 108 Å². The molecule has 1 heterocycles. The first-order valence-electron chi connectivity index (χ1n) is 9.33. The van der Waals surface area contributed by atoms with Crippen LogP contribution in [-0.4, -0.2) is 22.4 Å². The van der Waals surface area contributed by atoms with Crippen molar-refractivity contribution in [3.8, 4) is 17.2 Å². The summed E-state index contributed by atoms with van der Waals surface area (Å²) >= 11 is 2.23. The molecule has 31 heavy (non-hydrogen) atoms. The van der Waals surface area contributed by atoms with Gasteiger partial charge in [0.2, 0.25) is 5.89 Å². The summed E-state index contributed by atoms with van der Waals surface area (Å²) in [6, 6.07) is 17.0. The first-order chi connectivity index (χ1) is 14.9. The van der Waals surface area contributed by atoms with E-state index in [0.717, 1.165) is 9.13 Å². The van der Waals surface area contributed by atoms with Gasteiger partial charge in [0.25, 0.3) is 5.91 Å². The molecule has 0 fully saturated rings. The van der Waals surface area contributed by atoms with Crippen LogP contribution in [0.15, 0.2) is 65.1 Å². The minimum absolute atomic E-state index is 0.121. The van der Waals surface area contributed by atoms with E-state index in [1.54, 1.807) is 25.1 Å². The Bertz CT molecular complexity index is 1280. The van der Waals surface area contributed by atoms with Crippen LogP contribution in [0.4, 0.5) is 11.4 Å². The summed E-state index contributed by atoms with van der Waals surface area (Å²) in [5.74, 6) is 0.125. The number of rotatable bonds is 6. The molecule has 1 aromatic heterocycles. The molecule has 4 aromatic rings. The van der Waals surface area contributed by atoms with Gasteiger partial charge in [-0.05, 0) is 84.1 Å². The molecule has 9 heteroatoms. The van der Waals surface area contributed by atoms with Gasteiger partial charge in [-0.25, -0.2) is 4.98 Å². The molecule has 0 unspecified atom stereocenters. The molecule has 0 spiro atoms. The van der Waals surface area contributed by atoms with E-state index in [-0.39, 0.29) is 23.6 Å². The number of nitrogens with one attached hydrogen (secondary N) is 1. The minimum atomic E-state index is -0.574. The van der Waals surface area contributed by atoms with Crippen LogP contribution in [0.3, 0.4) is 0 Å². The van der Waals surface area contributed by atoms with Gasteiger partial charge in [0, 0.05) is 26.5 Å². The molecule has 0 aliphatic rings. The second kappa shape index (κ2) is 8.72. The van der Waals surface area contributed by atoms with Gasteiger partial charge in [0.15, 0.2) is 11.3 Å². The van der Waals surface area contributed by atoms with Crippen molar-refractivity contribution < 1.29 is 18.9 Å². The Labute approximate surface area is 190 Å². The highest BCUT2D eigenvalue weighted by molar-refractivity contribution is 14.1. The number of aromatic nitrogens is 1. The molecule has 0 saturated carbocycles. The van der Waals surface area contributed by atoms with Gasteiger partial charge >= 0.3 is 5.69 Å². The average molecular weight is 529 g/mol. The number of amides is 1. The second-order valence-electron chi connectivity index (χ2n) is 6.54. The number of carbonyl (C=O) groups is 1. The Balaban J connectivity index is 1.58. The molecule has 3 aromatic carbocycles. The fraction of sp³-hybridized carbons (Fsp3) is 0.0909. The van der Waals surface area contributed by atoms with E-state index in [0.29, 0.717) is 22.7 Å². The molecule has 0 bridgehead atoms. The quantitative estimate of drug-likeness (QED) is 0.196. The van der Waals surface area contributed by atoms with Crippen LogP contribution in [0.5, 0.6) is 5.75 Å². The van der Waals surface area contributed by atoms with Gasteiger partial charge < -0.3 is 14.5 Å². The normalized spacial score (nSPS) is 10.8. The maximum Gasteiger partial charge on any atom is 0.311 e. The number of fused-ring (bicyclic) bond motifs is 1. The third-order valence-electron chi connectivity index (χ3n) is 4.45. The molecule has 0 radical (unpaired) electrons. The summed E-state index contributed by atoms with van der Waals surface area (Å²) in [6.45, 7) is 2.02. The van der Waals surface area contributed by atoms with Gasteiger partial charge in [0.05, 0.1) is 11.5 Å². The highest BCUT2D eigenvalue weighted by Gasteiger charge is 2.19. The minimum Gasteiger partial charge on any atom is -0.487 e. The number of halogens is 1. The summed E-state index contributed by atoms with van der Waals surface area (Å²) in [5.41, 5.74) is 2.41. The number of oxazole rings is 1. The fourth-order valence-electron chi connectivity index (χ4n) is 3.00. The monoisotopic (exact) mass is 529 g/mol. The molecule has 8 nitrogen and oxygen atoms in total. The van der Waals surface area contributed by atoms with Crippen molar-refractivity contribution in [3.05, 3.63) is 79.9 Å². The highest BCUT2D eigenvalue weighted by atomic mass is 127. The maximum absolute atomic E-state index is 12.6. The molecule has 1 N–H and O–H groups in total. The standard InChI is InChI=1S/C22H16IN3O5/c1-2-30-20-9-5-14(11-18(20)26(28)29)21(27)24-16-8-10-19-17(12-16)25-22(31-19)13-3-6-15(23)7-4-13/h3-12H,2H2,1H3,(H,24,27). The SMILES string of the molecule is CCOc1ccc(C(=O)Nc2ccc3oc(-c4ccc(I)cc4)nc3c2)cc1[N+](=O)[O-]. The zero-order valence-corrected chi connectivity index (χ0v) is 18.5. The van der Waals surface area contributed by atoms with E-state index >= 15 is 0 Å². The van der Waals surface area contributed by atoms with Crippen LogP contribution in [0.2, 0.25) is 0 Å². The summed E-state index contributed by atoms with van der Waals surface area (Å²) in [7, 11) is 0. The summed E-state index contributed by atoms with van der Waals surface area (Å²) in [5, 5.41) is 14.0. The van der Waals surface area contributed by atoms with Gasteiger partial charge in [-0.1, -0.05) is 0 Å². The molecular formula is C22H16IN3O5. The molecule has 0 aliphatic carbocycles. The first kappa shape index (κ1) is 20.8. The molecular weight excluding hydrogens is 513 g/mol. The summed E-state index contributed by atoms with van der Waals surface area (Å²) in [4.78, 5) is 27.8. The van der Waals surface area contributed by atoms with Crippen molar-refractivity contribution in [2.75, 3.05) is 11.9 Å². The van der Waals surface area contributed by atoms with E-state index in [1.807, 2.05) is 24.3 Å². The number of nitro benzene ring substituents is 1. The molecule has 0 aliphatic heterocycles. The van der Waals surface area contributed by atoms with E-state index in [4.69, 9.17) is 9.15 Å². The molecule has 4 rings (SSSR count). The number of nitrogens with zero attached hydrogens (tertiary/aromatic N) is 2. The van der Waals surface area contributed by atoms with E-state index in [1.165, 1.54) is 18.2 Å². The second-order valence-corrected chi connectivity index (χ2v) is 7.78. The predicted octanol–water partition coefficient (Wildman–Crippen LogP) is 5.66. The molecule has 0 saturated heterocycles. The largest absolute Gasteiger partial charge is 0.487 e. The third kappa shape index (κ3) is 4.50. The molecule has 0 atom stereocenters. The van der Waals surface area contributed by atoms with Crippen molar-refractivity contribution >= 4 is 51.0 Å². The smallest absolute Gasteiger partial charge is 0.311 e. The van der Waals surface area contributed by atoms with Crippen LogP contribution < -0.4 is 10.1 Å². The zero-order chi connectivity index (χ0) is 22.0. The third-order valence-corrected chi connectivity index (χ3v) is 5.17. The van der Waals surface area contributed by atoms with Crippen LogP contribution >= 0.6 is 22.6 Å². The number of ether oxygens (including phenoxy) is 1. The average Bonchev–Trinajstić information content (AvgIpc) is 3.18. The number of hydrogen-bond acceptors (Lipinski definition) is 6. The Morgan fingerprint density at radius 2 is 1.94 bits per heavy atom. The first-order valence-corrected chi connectivity index (χ1v) is 10.4. The maximum atomic E-state index is 12.6. The fourth-order valence-corrected chi connectivity index (χ4v) is 3.36. The predicted molar refractivity (Wildman–Crippen MR) is 124 cm³/mol. The number of nitro groups is 1. The van der Waals surface area contributed by atoms with Gasteiger partial charge in [-0.2, -0.15) is 0 Å². The Morgan fingerprint density at radius 1 is 1.16 bits per heavy atom. The summed E-state index contributed by atoms with van der Waals surface area (Å²) in [6.07, 6.45) is 0. The number of hydrogen-bond donors (Lipinski definition) is 1. The van der Waals surface area contributed by atoms with Gasteiger partial charge in [0.1, 0.15) is 5.52 Å². The van der Waals surface area contributed by atoms with Crippen LogP contribution in [0.1, 0.15) is 17.3 Å². The van der Waals surface area contributed by atoms with Crippen LogP contribution in [-0.2, 0) is 0 Å². The lowest BCUT2D eigenvalue weighted by Crippen LogP contribution is -2.12. The summed E-state index contributed by atoms with van der Waals surface area (Å²) < 4.78 is 12.2. The lowest BCUT2D eigenvalue weighted by molar-refractivity contribution is -0.385. The van der Waals surface area contributed by atoms with E-state index in [9.17, 15) is 14.9 Å². The van der Waals surface area contributed by atoms with Gasteiger partial charge in [-0.15, -0.1) is 0 Å². The van der Waals surface area contributed by atoms with E-state index in [2.05, 4.69) is 32.9 Å². The van der Waals surface area contributed by atoms with Crippen molar-refractivity contribution in [1.29, 1.82) is 0 Å². The van der Waals surface area contributed by atoms with Crippen molar-refractivity contribution in [2.24, 2.45) is 0 Å². The van der Waals surface area contributed by atoms with E-state index < -0.39 is 10.8 Å². The Hall–Kier alpha value is -3.47.